The third-order valence-corrected chi connectivity index (χ3v) is 3.73. The number of benzene rings is 1. The number of halogens is 1. The van der Waals surface area contributed by atoms with Gasteiger partial charge in [-0.1, -0.05) is 12.1 Å². The number of primary amides is 1. The summed E-state index contributed by atoms with van der Waals surface area (Å²) in [7, 11) is 0. The van der Waals surface area contributed by atoms with E-state index in [0.717, 1.165) is 5.56 Å². The summed E-state index contributed by atoms with van der Waals surface area (Å²) in [6.07, 6.45) is 6.15. The van der Waals surface area contributed by atoms with Crippen molar-refractivity contribution in [3.8, 4) is 0 Å². The van der Waals surface area contributed by atoms with Gasteiger partial charge in [-0.2, -0.15) is 0 Å². The highest BCUT2D eigenvalue weighted by Gasteiger charge is 2.17. The van der Waals surface area contributed by atoms with Gasteiger partial charge in [0.15, 0.2) is 5.82 Å². The number of hydrogen-bond donors (Lipinski definition) is 2. The summed E-state index contributed by atoms with van der Waals surface area (Å²) in [6, 6.07) is 9.06. The molecule has 26 heavy (non-hydrogen) atoms. The number of nitrogens with two attached hydrogens (primary N) is 1. The van der Waals surface area contributed by atoms with Crippen molar-refractivity contribution in [2.45, 2.75) is 13.0 Å². The van der Waals surface area contributed by atoms with E-state index in [2.05, 4.69) is 20.4 Å². The Hall–Kier alpha value is -3.39. The first-order valence-electron chi connectivity index (χ1n) is 7.88. The van der Waals surface area contributed by atoms with E-state index >= 15 is 0 Å². The number of hydrazine groups is 1. The molecule has 0 unspecified atom stereocenters. The van der Waals surface area contributed by atoms with Crippen molar-refractivity contribution < 1.29 is 9.18 Å². The van der Waals surface area contributed by atoms with E-state index in [1.807, 2.05) is 6.92 Å². The highest BCUT2D eigenvalue weighted by molar-refractivity contribution is 5.93. The summed E-state index contributed by atoms with van der Waals surface area (Å²) in [4.78, 5) is 24.1. The SMILES string of the molecule is C[C@H](NN(c1cnccn1)c1cc(C(N)=O)ccn1)c1ccc(F)cc1. The molecule has 7 nitrogen and oxygen atoms in total. The minimum absolute atomic E-state index is 0.198. The molecule has 0 spiro atoms. The minimum atomic E-state index is -0.556. The van der Waals surface area contributed by atoms with Gasteiger partial charge < -0.3 is 5.73 Å². The Morgan fingerprint density at radius 1 is 1.12 bits per heavy atom. The predicted molar refractivity (Wildman–Crippen MR) is 94.9 cm³/mol. The molecule has 3 rings (SSSR count). The van der Waals surface area contributed by atoms with Crippen molar-refractivity contribution in [2.75, 3.05) is 5.01 Å². The topological polar surface area (TPSA) is 97.0 Å². The van der Waals surface area contributed by atoms with Gasteiger partial charge in [-0.05, 0) is 36.8 Å². The van der Waals surface area contributed by atoms with Gasteiger partial charge in [0.05, 0.1) is 6.20 Å². The Morgan fingerprint density at radius 2 is 1.85 bits per heavy atom. The smallest absolute Gasteiger partial charge is 0.248 e. The molecule has 0 aliphatic carbocycles. The van der Waals surface area contributed by atoms with Crippen LogP contribution in [-0.4, -0.2) is 20.9 Å². The lowest BCUT2D eigenvalue weighted by atomic mass is 10.1. The fourth-order valence-electron chi connectivity index (χ4n) is 2.37. The molecule has 1 amide bonds. The maximum atomic E-state index is 13.2. The molecule has 0 fully saturated rings. The number of nitrogens with one attached hydrogen (secondary N) is 1. The Labute approximate surface area is 149 Å². The normalized spacial score (nSPS) is 11.8. The van der Waals surface area contributed by atoms with Crippen LogP contribution in [0.3, 0.4) is 0 Å². The van der Waals surface area contributed by atoms with Crippen molar-refractivity contribution in [3.63, 3.8) is 0 Å². The second-order valence-corrected chi connectivity index (χ2v) is 5.57. The number of nitrogens with zero attached hydrogens (tertiary/aromatic N) is 4. The Balaban J connectivity index is 1.95. The molecule has 2 heterocycles. The summed E-state index contributed by atoms with van der Waals surface area (Å²) in [5.74, 6) is 0.0493. The lowest BCUT2D eigenvalue weighted by Gasteiger charge is -2.27. The van der Waals surface area contributed by atoms with E-state index in [1.165, 1.54) is 24.4 Å². The third kappa shape index (κ3) is 3.98. The summed E-state index contributed by atoms with van der Waals surface area (Å²) in [6.45, 7) is 1.91. The van der Waals surface area contributed by atoms with E-state index in [0.29, 0.717) is 17.2 Å². The zero-order valence-corrected chi connectivity index (χ0v) is 14.0. The first-order valence-corrected chi connectivity index (χ1v) is 7.88. The van der Waals surface area contributed by atoms with Gasteiger partial charge in [0.2, 0.25) is 5.91 Å². The zero-order chi connectivity index (χ0) is 18.5. The van der Waals surface area contributed by atoms with Crippen LogP contribution in [-0.2, 0) is 0 Å². The Bertz CT molecular complexity index is 888. The fourth-order valence-corrected chi connectivity index (χ4v) is 2.37. The van der Waals surface area contributed by atoms with Gasteiger partial charge in [-0.25, -0.2) is 24.8 Å². The molecular weight excluding hydrogens is 335 g/mol. The van der Waals surface area contributed by atoms with Gasteiger partial charge in [0.25, 0.3) is 0 Å². The summed E-state index contributed by atoms with van der Waals surface area (Å²) in [5.41, 5.74) is 9.79. The number of amides is 1. The van der Waals surface area contributed by atoms with E-state index in [9.17, 15) is 9.18 Å². The van der Waals surface area contributed by atoms with Gasteiger partial charge >= 0.3 is 0 Å². The van der Waals surface area contributed by atoms with Crippen LogP contribution in [0.4, 0.5) is 16.0 Å². The lowest BCUT2D eigenvalue weighted by Crippen LogP contribution is -2.37. The van der Waals surface area contributed by atoms with E-state index in [-0.39, 0.29) is 11.9 Å². The summed E-state index contributed by atoms with van der Waals surface area (Å²) < 4.78 is 13.2. The number of anilines is 2. The van der Waals surface area contributed by atoms with Gasteiger partial charge in [0, 0.05) is 30.2 Å². The monoisotopic (exact) mass is 352 g/mol. The second-order valence-electron chi connectivity index (χ2n) is 5.57. The molecule has 0 bridgehead atoms. The number of pyridine rings is 1. The Morgan fingerprint density at radius 3 is 2.50 bits per heavy atom. The number of rotatable bonds is 6. The number of carbonyl (C=O) groups excluding carboxylic acids is 1. The van der Waals surface area contributed by atoms with Gasteiger partial charge in [-0.3, -0.25) is 9.78 Å². The molecule has 0 radical (unpaired) electrons. The molecular formula is C18H17FN6O. The van der Waals surface area contributed by atoms with Crippen molar-refractivity contribution in [2.24, 2.45) is 5.73 Å². The fraction of sp³-hybridized carbons (Fsp3) is 0.111. The molecule has 0 aliphatic heterocycles. The summed E-state index contributed by atoms with van der Waals surface area (Å²) in [5, 5.41) is 1.60. The molecule has 132 valence electrons. The average molecular weight is 352 g/mol. The van der Waals surface area contributed by atoms with Gasteiger partial charge in [0.1, 0.15) is 11.6 Å². The van der Waals surface area contributed by atoms with E-state index in [4.69, 9.17) is 5.73 Å². The van der Waals surface area contributed by atoms with Crippen molar-refractivity contribution in [1.82, 2.24) is 20.4 Å². The molecule has 1 atom stereocenters. The van der Waals surface area contributed by atoms with Crippen molar-refractivity contribution in [3.05, 3.63) is 78.1 Å². The number of hydrogen-bond acceptors (Lipinski definition) is 6. The highest BCUT2D eigenvalue weighted by Crippen LogP contribution is 2.22. The maximum absolute atomic E-state index is 13.2. The van der Waals surface area contributed by atoms with E-state index in [1.54, 1.807) is 41.8 Å². The molecule has 3 aromatic rings. The molecule has 1 aromatic carbocycles. The maximum Gasteiger partial charge on any atom is 0.248 e. The number of aromatic nitrogens is 3. The molecule has 0 saturated heterocycles. The first-order chi connectivity index (χ1) is 12.5. The third-order valence-electron chi connectivity index (χ3n) is 3.73. The van der Waals surface area contributed by atoms with E-state index < -0.39 is 5.91 Å². The van der Waals surface area contributed by atoms with Crippen LogP contribution >= 0.6 is 0 Å². The quantitative estimate of drug-likeness (QED) is 0.662. The first kappa shape index (κ1) is 17.4. The lowest BCUT2D eigenvalue weighted by molar-refractivity contribution is 0.1000. The van der Waals surface area contributed by atoms with Crippen molar-refractivity contribution >= 4 is 17.5 Å². The molecule has 0 saturated carbocycles. The van der Waals surface area contributed by atoms with Crippen LogP contribution in [0, 0.1) is 5.82 Å². The molecule has 2 aromatic heterocycles. The highest BCUT2D eigenvalue weighted by atomic mass is 19.1. The minimum Gasteiger partial charge on any atom is -0.366 e. The van der Waals surface area contributed by atoms with Gasteiger partial charge in [-0.15, -0.1) is 0 Å². The zero-order valence-electron chi connectivity index (χ0n) is 14.0. The summed E-state index contributed by atoms with van der Waals surface area (Å²) >= 11 is 0. The standard InChI is InChI=1S/C18H17FN6O/c1-12(13-2-4-15(19)5-3-13)24-25(17-11-21-8-9-23-17)16-10-14(18(20)26)6-7-22-16/h2-12,24H,1H3,(H2,20,26)/t12-/m0/s1. The van der Waals surface area contributed by atoms with Crippen LogP contribution in [0.1, 0.15) is 28.9 Å². The van der Waals surface area contributed by atoms with Crippen LogP contribution in [0.25, 0.3) is 0 Å². The van der Waals surface area contributed by atoms with Crippen LogP contribution in [0.2, 0.25) is 0 Å². The predicted octanol–water partition coefficient (Wildman–Crippen LogP) is 2.51. The van der Waals surface area contributed by atoms with Crippen LogP contribution in [0.5, 0.6) is 0 Å². The van der Waals surface area contributed by atoms with Crippen LogP contribution in [0.15, 0.2) is 61.2 Å². The second kappa shape index (κ2) is 7.66. The van der Waals surface area contributed by atoms with Crippen molar-refractivity contribution in [1.29, 1.82) is 0 Å². The average Bonchev–Trinajstić information content (AvgIpc) is 2.67. The Kier molecular flexibility index (Phi) is 5.14. The molecule has 0 aliphatic rings. The number of carbonyl (C=O) groups is 1. The largest absolute Gasteiger partial charge is 0.366 e. The molecule has 8 heteroatoms. The van der Waals surface area contributed by atoms with Crippen LogP contribution < -0.4 is 16.2 Å². The molecule has 3 N–H and O–H groups in total.